The van der Waals surface area contributed by atoms with E-state index in [2.05, 4.69) is 315 Å². The Bertz CT molecular complexity index is 4210. The van der Waals surface area contributed by atoms with E-state index >= 15 is 0 Å². The van der Waals surface area contributed by atoms with Crippen molar-refractivity contribution in [3.8, 4) is 5.69 Å². The summed E-state index contributed by atoms with van der Waals surface area (Å²) < 4.78 is 4.64. The first-order valence-corrected chi connectivity index (χ1v) is 29.1. The fourth-order valence-electron chi connectivity index (χ4n) is 12.1. The van der Waals surface area contributed by atoms with E-state index in [0.717, 1.165) is 44.9 Å². The summed E-state index contributed by atoms with van der Waals surface area (Å²) in [5, 5.41) is 3.89. The first kappa shape index (κ1) is 44.3. The van der Waals surface area contributed by atoms with Crippen molar-refractivity contribution < 1.29 is 0 Å². The Hall–Kier alpha value is -9.21. The molecule has 2 aliphatic rings. The normalized spacial score (nSPS) is 14.4. The van der Waals surface area contributed by atoms with Gasteiger partial charge in [0.05, 0.1) is 50.5 Å². The van der Waals surface area contributed by atoms with E-state index in [1.807, 2.05) is 0 Å². The van der Waals surface area contributed by atoms with Crippen LogP contribution in [0.4, 0.5) is 28.4 Å². The van der Waals surface area contributed by atoms with Crippen LogP contribution in [0.25, 0.3) is 33.5 Å². The second kappa shape index (κ2) is 17.7. The largest absolute Gasteiger partial charge is 0.346 e. The van der Waals surface area contributed by atoms with Gasteiger partial charge in [-0.25, -0.2) is 4.98 Å². The van der Waals surface area contributed by atoms with Crippen molar-refractivity contribution in [3.05, 3.63) is 291 Å². The van der Waals surface area contributed by atoms with Gasteiger partial charge in [0.25, 0.3) is 0 Å². The second-order valence-electron chi connectivity index (χ2n) is 19.3. The summed E-state index contributed by atoms with van der Waals surface area (Å²) in [6.07, 6.45) is -0.116. The van der Waals surface area contributed by atoms with Crippen LogP contribution in [0.15, 0.2) is 330 Å². The lowest BCUT2D eigenvalue weighted by Crippen LogP contribution is -2.40. The maximum Gasteiger partial charge on any atom is 0.220 e. The fourth-order valence-corrected chi connectivity index (χ4v) is 19.9. The van der Waals surface area contributed by atoms with Gasteiger partial charge < -0.3 is 10.2 Å². The van der Waals surface area contributed by atoms with Crippen molar-refractivity contribution in [2.24, 2.45) is 0 Å². The van der Waals surface area contributed by atoms with Crippen molar-refractivity contribution in [1.82, 2.24) is 14.0 Å². The number of anilines is 5. The third-order valence-electron chi connectivity index (χ3n) is 15.2. The number of benzene rings is 11. The third-order valence-corrected chi connectivity index (χ3v) is 23.0. The van der Waals surface area contributed by atoms with Crippen molar-refractivity contribution in [3.63, 3.8) is 0 Å². The summed E-state index contributed by atoms with van der Waals surface area (Å²) in [4.78, 5) is 20.3. The summed E-state index contributed by atoms with van der Waals surface area (Å²) in [6.45, 7) is 0. The summed E-state index contributed by atoms with van der Waals surface area (Å²) >= 11 is 0. The maximum atomic E-state index is 5.29. The highest BCUT2D eigenvalue weighted by Gasteiger charge is 2.44. The number of nitrogens with one attached hydrogen (secondary N) is 1. The van der Waals surface area contributed by atoms with E-state index < -0.39 is 20.1 Å². The van der Waals surface area contributed by atoms with Crippen LogP contribution in [0, 0.1) is 0 Å². The van der Waals surface area contributed by atoms with Crippen molar-refractivity contribution in [1.29, 1.82) is 0 Å². The van der Waals surface area contributed by atoms with Crippen LogP contribution in [-0.2, 0) is 0 Å². The van der Waals surface area contributed by atoms with E-state index in [9.17, 15) is 0 Å². The molecule has 0 saturated carbocycles. The molecular weight excluding hydrogens is 965 g/mol. The average Bonchev–Trinajstić information content (AvgIpc) is 4.26. The predicted molar refractivity (Wildman–Crippen MR) is 314 cm³/mol. The number of rotatable bonds is 10. The predicted octanol–water partition coefficient (Wildman–Crippen LogP) is 18.1. The Kier molecular flexibility index (Phi) is 10.3. The minimum atomic E-state index is -2.14. The Labute approximate surface area is 445 Å². The number of hydrogen-bond acceptors (Lipinski definition) is 4. The Morgan fingerprint density at radius 3 is 1.29 bits per heavy atom. The first-order valence-electron chi connectivity index (χ1n) is 25.8. The Balaban J connectivity index is 0.945. The van der Waals surface area contributed by atoms with Crippen LogP contribution in [-0.4, -0.2) is 20.2 Å². The summed E-state index contributed by atoms with van der Waals surface area (Å²) in [7, 11) is -4.26. The van der Waals surface area contributed by atoms with Crippen molar-refractivity contribution in [2.45, 2.75) is 45.5 Å². The summed E-state index contributed by atoms with van der Waals surface area (Å²) in [5.74, 6) is 0.894. The van der Waals surface area contributed by atoms with Gasteiger partial charge in [-0.15, -0.1) is 20.1 Å². The molecule has 2 aliphatic heterocycles. The lowest BCUT2D eigenvalue weighted by atomic mass is 10.2. The van der Waals surface area contributed by atoms with Crippen LogP contribution >= 0.6 is 20.1 Å². The zero-order valence-corrected chi connectivity index (χ0v) is 43.0. The zero-order chi connectivity index (χ0) is 50.2. The SMILES string of the molecule is c1ccc(S(c2ccccc2)(c2ccc(S(c3ccccc3)(c3ccccc3)c3cccc(-n4c5ccccc5n5c6ccccc6nc45)c3)cc2)c2cccc(N3c4ccccc4N4c5ccccc5NC34)c2)cc1. The quantitative estimate of drug-likeness (QED) is 0.148. The lowest BCUT2D eigenvalue weighted by Gasteiger charge is -2.44. The van der Waals surface area contributed by atoms with Gasteiger partial charge in [0, 0.05) is 44.9 Å². The van der Waals surface area contributed by atoms with Crippen LogP contribution in [0.2, 0.25) is 0 Å². The molecule has 0 saturated heterocycles. The first-order chi connectivity index (χ1) is 37.7. The molecule has 11 aromatic carbocycles. The standard InChI is InChI=1S/C68H50N6S2/c1-5-25-51(26-6-1)75(52-27-7-2-8-28-52,57-33-21-23-49(47-57)71-63-39-17-19-41-65(63)73-61-37-15-13-35-59(61)69-67(71)73)55-43-45-56(46-44-55)76(53-29-9-3-10-30-53,54-31-11-4-12-32-54)58-34-22-24-50(48-58)72-64-40-18-20-42-66(64)74-62-38-16-14-36-60(62)70-68(72)74/h1-48,67,69H. The molecule has 13 aromatic rings. The lowest BCUT2D eigenvalue weighted by molar-refractivity contribution is 0.807. The van der Waals surface area contributed by atoms with Crippen LogP contribution in [0.1, 0.15) is 0 Å². The molecule has 1 atom stereocenters. The zero-order valence-electron chi connectivity index (χ0n) is 41.3. The molecule has 6 nitrogen and oxygen atoms in total. The number of imidazole rings is 2. The molecule has 15 rings (SSSR count). The van der Waals surface area contributed by atoms with Gasteiger partial charge in [-0.3, -0.25) is 13.9 Å². The van der Waals surface area contributed by atoms with Gasteiger partial charge in [0.1, 0.15) is 0 Å². The molecule has 364 valence electrons. The van der Waals surface area contributed by atoms with Crippen molar-refractivity contribution >= 4 is 76.3 Å². The molecule has 0 fully saturated rings. The smallest absolute Gasteiger partial charge is 0.220 e. The van der Waals surface area contributed by atoms with E-state index in [4.69, 9.17) is 4.98 Å². The number of aromatic nitrogens is 3. The molecule has 0 radical (unpaired) electrons. The molecule has 4 heterocycles. The molecule has 0 spiro atoms. The van der Waals surface area contributed by atoms with Crippen LogP contribution in [0.5, 0.6) is 0 Å². The van der Waals surface area contributed by atoms with Gasteiger partial charge >= 0.3 is 0 Å². The van der Waals surface area contributed by atoms with Crippen LogP contribution < -0.4 is 15.1 Å². The summed E-state index contributed by atoms with van der Waals surface area (Å²) in [6, 6.07) is 108. The molecule has 0 amide bonds. The highest BCUT2D eigenvalue weighted by atomic mass is 32.3. The van der Waals surface area contributed by atoms with Gasteiger partial charge in [-0.1, -0.05) is 133 Å². The van der Waals surface area contributed by atoms with E-state index in [1.54, 1.807) is 0 Å². The Morgan fingerprint density at radius 1 is 0.316 bits per heavy atom. The minimum absolute atomic E-state index is 0.116. The number of hydrogen-bond donors (Lipinski definition) is 1. The molecule has 1 N–H and O–H groups in total. The van der Waals surface area contributed by atoms with E-state index in [1.165, 1.54) is 56.2 Å². The third kappa shape index (κ3) is 6.54. The molecule has 2 aromatic heterocycles. The number of para-hydroxylation sites is 8. The topological polar surface area (TPSA) is 40.7 Å². The van der Waals surface area contributed by atoms with Crippen molar-refractivity contribution in [2.75, 3.05) is 15.1 Å². The van der Waals surface area contributed by atoms with Gasteiger partial charge in [0.15, 0.2) is 6.29 Å². The van der Waals surface area contributed by atoms with Gasteiger partial charge in [-0.05, 0) is 158 Å². The molecule has 8 heteroatoms. The summed E-state index contributed by atoms with van der Waals surface area (Å²) in [5.41, 5.74) is 11.2. The van der Waals surface area contributed by atoms with E-state index in [0.29, 0.717) is 0 Å². The molecule has 0 bridgehead atoms. The number of fused-ring (bicyclic) bond motifs is 10. The fraction of sp³-hybridized carbons (Fsp3) is 0.0147. The molecule has 76 heavy (non-hydrogen) atoms. The van der Waals surface area contributed by atoms with Crippen LogP contribution in [0.3, 0.4) is 0 Å². The average molecular weight is 1020 g/mol. The highest BCUT2D eigenvalue weighted by Crippen LogP contribution is 2.76. The maximum absolute atomic E-state index is 5.29. The number of nitrogens with zero attached hydrogens (tertiary/aromatic N) is 5. The molecular formula is C68H50N6S2. The van der Waals surface area contributed by atoms with Gasteiger partial charge in [0.2, 0.25) is 5.78 Å². The van der Waals surface area contributed by atoms with E-state index in [-0.39, 0.29) is 6.29 Å². The Morgan fingerprint density at radius 2 is 0.724 bits per heavy atom. The highest BCUT2D eigenvalue weighted by molar-refractivity contribution is 8.34. The minimum Gasteiger partial charge on any atom is -0.346 e. The second-order valence-corrected chi connectivity index (χ2v) is 25.5. The molecule has 0 aliphatic carbocycles. The molecule has 1 unspecified atom stereocenters. The van der Waals surface area contributed by atoms with Gasteiger partial charge in [-0.2, -0.15) is 0 Å². The monoisotopic (exact) mass is 1010 g/mol.